The highest BCUT2D eigenvalue weighted by Crippen LogP contribution is 2.34. The molecule has 5 heteroatoms. The first-order chi connectivity index (χ1) is 10.6. The molecule has 0 amide bonds. The summed E-state index contributed by atoms with van der Waals surface area (Å²) >= 11 is 0. The summed E-state index contributed by atoms with van der Waals surface area (Å²) in [6.45, 7) is 1.85. The van der Waals surface area contributed by atoms with E-state index >= 15 is 0 Å². The number of nitrogens with zero attached hydrogens (tertiary/aromatic N) is 2. The molecule has 1 aliphatic rings. The summed E-state index contributed by atoms with van der Waals surface area (Å²) in [5.41, 5.74) is 1.86. The molecule has 0 saturated heterocycles. The van der Waals surface area contributed by atoms with E-state index in [9.17, 15) is 8.78 Å². The highest BCUT2D eigenvalue weighted by molar-refractivity contribution is 5.78. The van der Waals surface area contributed by atoms with Crippen molar-refractivity contribution in [1.82, 2.24) is 9.78 Å². The van der Waals surface area contributed by atoms with E-state index in [0.717, 1.165) is 36.0 Å². The van der Waals surface area contributed by atoms with Gasteiger partial charge in [-0.3, -0.25) is 4.68 Å². The van der Waals surface area contributed by atoms with Crippen molar-refractivity contribution in [3.05, 3.63) is 35.5 Å². The van der Waals surface area contributed by atoms with Gasteiger partial charge >= 0.3 is 0 Å². The zero-order valence-corrected chi connectivity index (χ0v) is 13.0. The normalized spacial score (nSPS) is 16.0. The smallest absolute Gasteiger partial charge is 0.134 e. The molecular weight excluding hydrogens is 284 g/mol. The van der Waals surface area contributed by atoms with E-state index < -0.39 is 11.6 Å². The van der Waals surface area contributed by atoms with Crippen molar-refractivity contribution in [2.75, 3.05) is 5.32 Å². The van der Waals surface area contributed by atoms with E-state index in [2.05, 4.69) is 10.4 Å². The van der Waals surface area contributed by atoms with Crippen LogP contribution in [0.25, 0.3) is 11.1 Å². The highest BCUT2D eigenvalue weighted by atomic mass is 19.1. The minimum absolute atomic E-state index is 0.394. The summed E-state index contributed by atoms with van der Waals surface area (Å²) in [5.74, 6) is -0.303. The summed E-state index contributed by atoms with van der Waals surface area (Å²) in [7, 11) is 1.85. The van der Waals surface area contributed by atoms with Gasteiger partial charge in [0.15, 0.2) is 0 Å². The third-order valence-corrected chi connectivity index (χ3v) is 4.37. The Balaban J connectivity index is 1.99. The van der Waals surface area contributed by atoms with E-state index in [1.807, 2.05) is 14.0 Å². The topological polar surface area (TPSA) is 29.9 Å². The van der Waals surface area contributed by atoms with E-state index in [0.29, 0.717) is 11.6 Å². The molecule has 1 aliphatic carbocycles. The fourth-order valence-corrected chi connectivity index (χ4v) is 3.28. The Hall–Kier alpha value is -1.91. The maximum absolute atomic E-state index is 14.2. The van der Waals surface area contributed by atoms with Gasteiger partial charge in [-0.25, -0.2) is 8.78 Å². The maximum Gasteiger partial charge on any atom is 0.134 e. The molecule has 0 bridgehead atoms. The number of rotatable bonds is 3. The molecule has 3 rings (SSSR count). The number of aromatic nitrogens is 2. The SMILES string of the molecule is Cc1nn(C)c(NC2CCCCC2)c1-c1ccc(F)cc1F. The number of nitrogens with one attached hydrogen (secondary N) is 1. The van der Waals surface area contributed by atoms with Crippen molar-refractivity contribution < 1.29 is 8.78 Å². The fraction of sp³-hybridized carbons (Fsp3) is 0.471. The summed E-state index contributed by atoms with van der Waals surface area (Å²) in [5, 5.41) is 7.93. The average molecular weight is 305 g/mol. The zero-order chi connectivity index (χ0) is 15.7. The van der Waals surface area contributed by atoms with Crippen LogP contribution in [0, 0.1) is 18.6 Å². The molecule has 1 heterocycles. The number of hydrogen-bond donors (Lipinski definition) is 1. The lowest BCUT2D eigenvalue weighted by atomic mass is 9.95. The summed E-state index contributed by atoms with van der Waals surface area (Å²) in [6, 6.07) is 4.09. The van der Waals surface area contributed by atoms with Gasteiger partial charge in [0.25, 0.3) is 0 Å². The van der Waals surface area contributed by atoms with Gasteiger partial charge in [0.05, 0.1) is 5.69 Å². The lowest BCUT2D eigenvalue weighted by molar-refractivity contribution is 0.460. The molecule has 2 aromatic rings. The van der Waals surface area contributed by atoms with Gasteiger partial charge < -0.3 is 5.32 Å². The first kappa shape index (κ1) is 15.0. The monoisotopic (exact) mass is 305 g/mol. The number of halogens is 2. The Kier molecular flexibility index (Phi) is 4.14. The molecule has 1 aromatic carbocycles. The lowest BCUT2D eigenvalue weighted by Gasteiger charge is -2.24. The van der Waals surface area contributed by atoms with Crippen molar-refractivity contribution in [2.24, 2.45) is 7.05 Å². The van der Waals surface area contributed by atoms with Crippen molar-refractivity contribution in [3.8, 4) is 11.1 Å². The van der Waals surface area contributed by atoms with Crippen molar-refractivity contribution in [1.29, 1.82) is 0 Å². The third-order valence-electron chi connectivity index (χ3n) is 4.37. The molecule has 1 fully saturated rings. The Morgan fingerprint density at radius 2 is 1.91 bits per heavy atom. The second kappa shape index (κ2) is 6.07. The van der Waals surface area contributed by atoms with Crippen LogP contribution in [0.1, 0.15) is 37.8 Å². The van der Waals surface area contributed by atoms with Crippen LogP contribution in [0.2, 0.25) is 0 Å². The predicted octanol–water partition coefficient (Wildman–Crippen LogP) is 4.42. The molecule has 1 aromatic heterocycles. The molecule has 0 spiro atoms. The third kappa shape index (κ3) is 2.85. The number of aryl methyl sites for hydroxylation is 2. The Morgan fingerprint density at radius 1 is 1.18 bits per heavy atom. The van der Waals surface area contributed by atoms with E-state index in [1.165, 1.54) is 31.4 Å². The Labute approximate surface area is 129 Å². The molecular formula is C17H21F2N3. The van der Waals surface area contributed by atoms with Crippen LogP contribution in [-0.2, 0) is 7.05 Å². The van der Waals surface area contributed by atoms with Crippen molar-refractivity contribution >= 4 is 5.82 Å². The molecule has 1 saturated carbocycles. The number of anilines is 1. The van der Waals surface area contributed by atoms with E-state index in [1.54, 1.807) is 4.68 Å². The van der Waals surface area contributed by atoms with Crippen LogP contribution in [0.5, 0.6) is 0 Å². The van der Waals surface area contributed by atoms with Crippen LogP contribution in [0.15, 0.2) is 18.2 Å². The fourth-order valence-electron chi connectivity index (χ4n) is 3.28. The second-order valence-electron chi connectivity index (χ2n) is 6.04. The summed E-state index contributed by atoms with van der Waals surface area (Å²) in [6.07, 6.45) is 5.96. The lowest BCUT2D eigenvalue weighted by Crippen LogP contribution is -2.24. The molecule has 118 valence electrons. The molecule has 3 nitrogen and oxygen atoms in total. The molecule has 22 heavy (non-hydrogen) atoms. The minimum atomic E-state index is -0.565. The first-order valence-corrected chi connectivity index (χ1v) is 7.82. The van der Waals surface area contributed by atoms with Gasteiger partial charge in [0.2, 0.25) is 0 Å². The number of hydrogen-bond acceptors (Lipinski definition) is 2. The second-order valence-corrected chi connectivity index (χ2v) is 6.04. The zero-order valence-electron chi connectivity index (χ0n) is 13.0. The quantitative estimate of drug-likeness (QED) is 0.910. The van der Waals surface area contributed by atoms with Crippen molar-refractivity contribution in [2.45, 2.75) is 45.1 Å². The van der Waals surface area contributed by atoms with Crippen LogP contribution < -0.4 is 5.32 Å². The van der Waals surface area contributed by atoms with Gasteiger partial charge in [0, 0.05) is 30.3 Å². The van der Waals surface area contributed by atoms with E-state index in [4.69, 9.17) is 0 Å². The molecule has 0 atom stereocenters. The van der Waals surface area contributed by atoms with E-state index in [-0.39, 0.29) is 0 Å². The highest BCUT2D eigenvalue weighted by Gasteiger charge is 2.22. The summed E-state index contributed by atoms with van der Waals surface area (Å²) in [4.78, 5) is 0. The van der Waals surface area contributed by atoms with Gasteiger partial charge in [-0.05, 0) is 31.9 Å². The van der Waals surface area contributed by atoms with Gasteiger partial charge in [-0.2, -0.15) is 5.10 Å². The molecule has 0 unspecified atom stereocenters. The maximum atomic E-state index is 14.2. The average Bonchev–Trinajstić information content (AvgIpc) is 2.75. The van der Waals surface area contributed by atoms with Gasteiger partial charge in [-0.1, -0.05) is 19.3 Å². The number of benzene rings is 1. The predicted molar refractivity (Wildman–Crippen MR) is 83.8 cm³/mol. The minimum Gasteiger partial charge on any atom is -0.367 e. The largest absolute Gasteiger partial charge is 0.367 e. The standard InChI is InChI=1S/C17H21F2N3/c1-11-16(14-9-8-12(18)10-15(14)19)17(22(2)21-11)20-13-6-4-3-5-7-13/h8-10,13,20H,3-7H2,1-2H3. The van der Waals surface area contributed by atoms with Gasteiger partial charge in [-0.15, -0.1) is 0 Å². The molecule has 1 N–H and O–H groups in total. The Morgan fingerprint density at radius 3 is 2.59 bits per heavy atom. The van der Waals surface area contributed by atoms with Crippen LogP contribution in [0.3, 0.4) is 0 Å². The van der Waals surface area contributed by atoms with Crippen molar-refractivity contribution in [3.63, 3.8) is 0 Å². The van der Waals surface area contributed by atoms with Crippen LogP contribution in [-0.4, -0.2) is 15.8 Å². The Bertz CT molecular complexity index is 673. The van der Waals surface area contributed by atoms with Gasteiger partial charge in [0.1, 0.15) is 17.5 Å². The first-order valence-electron chi connectivity index (χ1n) is 7.82. The molecule has 0 aliphatic heterocycles. The van der Waals surface area contributed by atoms with Crippen LogP contribution >= 0.6 is 0 Å². The summed E-state index contributed by atoms with van der Waals surface area (Å²) < 4.78 is 29.1. The molecule has 0 radical (unpaired) electrons. The van der Waals surface area contributed by atoms with Crippen LogP contribution in [0.4, 0.5) is 14.6 Å².